The van der Waals surface area contributed by atoms with Gasteiger partial charge in [0, 0.05) is 0 Å². The highest BCUT2D eigenvalue weighted by Gasteiger charge is 2.26. The number of nitrogens with one attached hydrogen (secondary N) is 1. The van der Waals surface area contributed by atoms with E-state index in [0.717, 1.165) is 11.1 Å². The zero-order valence-corrected chi connectivity index (χ0v) is 14.1. The normalized spacial score (nSPS) is 13.3. The van der Waals surface area contributed by atoms with E-state index < -0.39 is 18.4 Å². The van der Waals surface area contributed by atoms with E-state index >= 15 is 0 Å². The molecule has 0 aliphatic carbocycles. The van der Waals surface area contributed by atoms with Crippen molar-refractivity contribution < 1.29 is 14.6 Å². The molecular formula is C19H24N2O3. The van der Waals surface area contributed by atoms with Gasteiger partial charge in [0.15, 0.2) is 0 Å². The lowest BCUT2D eigenvalue weighted by Crippen LogP contribution is -2.44. The molecule has 24 heavy (non-hydrogen) atoms. The highest BCUT2D eigenvalue weighted by molar-refractivity contribution is 5.68. The van der Waals surface area contributed by atoms with Crippen LogP contribution in [0.5, 0.6) is 0 Å². The zero-order valence-electron chi connectivity index (χ0n) is 14.1. The van der Waals surface area contributed by atoms with Crippen LogP contribution < -0.4 is 5.32 Å². The van der Waals surface area contributed by atoms with E-state index in [9.17, 15) is 9.90 Å². The quantitative estimate of drug-likeness (QED) is 0.767. The second-order valence-corrected chi connectivity index (χ2v) is 5.58. The third-order valence-corrected chi connectivity index (χ3v) is 3.89. The maximum Gasteiger partial charge on any atom is 0.408 e. The second-order valence-electron chi connectivity index (χ2n) is 5.58. The molecule has 2 unspecified atom stereocenters. The van der Waals surface area contributed by atoms with E-state index in [-0.39, 0.29) is 6.61 Å². The van der Waals surface area contributed by atoms with E-state index in [4.69, 9.17) is 4.74 Å². The summed E-state index contributed by atoms with van der Waals surface area (Å²) in [5, 5.41) is 13.3. The van der Waals surface area contributed by atoms with Crippen LogP contribution in [0.25, 0.3) is 0 Å². The van der Waals surface area contributed by atoms with Crippen LogP contribution in [0.4, 0.5) is 4.79 Å². The van der Waals surface area contributed by atoms with Gasteiger partial charge in [-0.25, -0.2) is 4.79 Å². The van der Waals surface area contributed by atoms with Crippen molar-refractivity contribution in [1.82, 2.24) is 10.2 Å². The Morgan fingerprint density at radius 2 is 1.71 bits per heavy atom. The summed E-state index contributed by atoms with van der Waals surface area (Å²) in [7, 11) is 1.80. The Bertz CT molecular complexity index is 619. The third kappa shape index (κ3) is 5.08. The van der Waals surface area contributed by atoms with Gasteiger partial charge in [-0.1, -0.05) is 67.6 Å². The molecule has 0 aromatic heterocycles. The molecule has 0 aliphatic heterocycles. The van der Waals surface area contributed by atoms with E-state index in [1.807, 2.05) is 67.6 Å². The summed E-state index contributed by atoms with van der Waals surface area (Å²) in [6.45, 7) is 2.79. The van der Waals surface area contributed by atoms with Crippen molar-refractivity contribution in [2.75, 3.05) is 13.6 Å². The predicted octanol–water partition coefficient (Wildman–Crippen LogP) is 2.92. The van der Waals surface area contributed by atoms with E-state index in [1.165, 1.54) is 0 Å². The lowest BCUT2D eigenvalue weighted by Gasteiger charge is -2.30. The summed E-state index contributed by atoms with van der Waals surface area (Å²) in [4.78, 5) is 13.9. The van der Waals surface area contributed by atoms with Crippen molar-refractivity contribution in [1.29, 1.82) is 0 Å². The number of ether oxygens (including phenoxy) is 1. The number of aliphatic hydroxyl groups is 1. The monoisotopic (exact) mass is 328 g/mol. The Labute approximate surface area is 142 Å². The van der Waals surface area contributed by atoms with Gasteiger partial charge in [0.2, 0.25) is 0 Å². The Balaban J connectivity index is 2.03. The van der Waals surface area contributed by atoms with Gasteiger partial charge in [0.25, 0.3) is 0 Å². The van der Waals surface area contributed by atoms with Gasteiger partial charge < -0.3 is 15.2 Å². The average Bonchev–Trinajstić information content (AvgIpc) is 2.64. The van der Waals surface area contributed by atoms with Crippen LogP contribution in [0.15, 0.2) is 60.7 Å². The summed E-state index contributed by atoms with van der Waals surface area (Å²) >= 11 is 0. The minimum absolute atomic E-state index is 0.188. The molecule has 0 bridgehead atoms. The maximum atomic E-state index is 12.2. The smallest absolute Gasteiger partial charge is 0.408 e. The summed E-state index contributed by atoms with van der Waals surface area (Å²) in [5.41, 5.74) is 1.73. The Morgan fingerprint density at radius 3 is 2.29 bits per heavy atom. The molecule has 2 rings (SSSR count). The zero-order chi connectivity index (χ0) is 17.4. The van der Waals surface area contributed by atoms with Gasteiger partial charge in [-0.15, -0.1) is 0 Å². The van der Waals surface area contributed by atoms with E-state index in [2.05, 4.69) is 5.32 Å². The van der Waals surface area contributed by atoms with Gasteiger partial charge in [-0.3, -0.25) is 4.90 Å². The van der Waals surface area contributed by atoms with Crippen molar-refractivity contribution >= 4 is 6.09 Å². The number of hydrogen-bond donors (Lipinski definition) is 2. The molecule has 5 heteroatoms. The fourth-order valence-corrected chi connectivity index (χ4v) is 2.32. The van der Waals surface area contributed by atoms with Crippen LogP contribution in [0.2, 0.25) is 0 Å². The maximum absolute atomic E-state index is 12.2. The van der Waals surface area contributed by atoms with Crippen molar-refractivity contribution in [3.8, 4) is 0 Å². The highest BCUT2D eigenvalue weighted by atomic mass is 16.5. The molecule has 2 aromatic rings. The van der Waals surface area contributed by atoms with Crippen molar-refractivity contribution in [3.63, 3.8) is 0 Å². The summed E-state index contributed by atoms with van der Waals surface area (Å²) in [6.07, 6.45) is -1.40. The number of rotatable bonds is 7. The lowest BCUT2D eigenvalue weighted by atomic mass is 10.1. The molecule has 0 fully saturated rings. The van der Waals surface area contributed by atoms with Crippen LogP contribution >= 0.6 is 0 Å². The number of hydrogen-bond acceptors (Lipinski definition) is 4. The van der Waals surface area contributed by atoms with Crippen LogP contribution in [-0.4, -0.2) is 35.9 Å². The summed E-state index contributed by atoms with van der Waals surface area (Å²) in [5.74, 6) is 0. The number of amides is 1. The highest BCUT2D eigenvalue weighted by Crippen LogP contribution is 2.19. The SMILES string of the molecule is CCN(C)C(O)C(NC(=O)OCc1ccccc1)c1ccccc1. The van der Waals surface area contributed by atoms with Crippen LogP contribution in [0.1, 0.15) is 24.1 Å². The number of likely N-dealkylation sites (N-methyl/N-ethyl adjacent to an activating group) is 1. The summed E-state index contributed by atoms with van der Waals surface area (Å²) < 4.78 is 5.26. The average molecular weight is 328 g/mol. The van der Waals surface area contributed by atoms with Gasteiger partial charge in [-0.2, -0.15) is 0 Å². The first-order chi connectivity index (χ1) is 11.6. The molecule has 2 aromatic carbocycles. The van der Waals surface area contributed by atoms with Crippen molar-refractivity contribution in [3.05, 3.63) is 71.8 Å². The first-order valence-corrected chi connectivity index (χ1v) is 8.02. The molecule has 0 aliphatic rings. The molecule has 0 spiro atoms. The fourth-order valence-electron chi connectivity index (χ4n) is 2.32. The van der Waals surface area contributed by atoms with Gasteiger partial charge in [0.1, 0.15) is 12.8 Å². The molecule has 5 nitrogen and oxygen atoms in total. The van der Waals surface area contributed by atoms with Crippen LogP contribution in [0, 0.1) is 0 Å². The topological polar surface area (TPSA) is 61.8 Å². The van der Waals surface area contributed by atoms with Crippen LogP contribution in [0.3, 0.4) is 0 Å². The molecule has 0 saturated heterocycles. The second kappa shape index (κ2) is 9.05. The Morgan fingerprint density at radius 1 is 1.12 bits per heavy atom. The predicted molar refractivity (Wildman–Crippen MR) is 93.3 cm³/mol. The molecule has 1 amide bonds. The minimum Gasteiger partial charge on any atom is -0.445 e. The summed E-state index contributed by atoms with van der Waals surface area (Å²) in [6, 6.07) is 18.3. The Kier molecular flexibility index (Phi) is 6.78. The first kappa shape index (κ1) is 18.0. The van der Waals surface area contributed by atoms with Gasteiger partial charge in [-0.05, 0) is 24.7 Å². The van der Waals surface area contributed by atoms with E-state index in [0.29, 0.717) is 6.54 Å². The number of benzene rings is 2. The van der Waals surface area contributed by atoms with Crippen LogP contribution in [-0.2, 0) is 11.3 Å². The third-order valence-electron chi connectivity index (χ3n) is 3.89. The van der Waals surface area contributed by atoms with Gasteiger partial charge in [0.05, 0.1) is 6.04 Å². The largest absolute Gasteiger partial charge is 0.445 e. The molecule has 0 radical (unpaired) electrons. The molecule has 2 N–H and O–H groups in total. The van der Waals surface area contributed by atoms with E-state index in [1.54, 1.807) is 11.9 Å². The standard InChI is InChI=1S/C19H24N2O3/c1-3-21(2)18(22)17(16-12-8-5-9-13-16)20-19(23)24-14-15-10-6-4-7-11-15/h4-13,17-18,22H,3,14H2,1-2H3,(H,20,23). The number of nitrogens with zero attached hydrogens (tertiary/aromatic N) is 1. The molecule has 128 valence electrons. The number of carbonyl (C=O) groups is 1. The van der Waals surface area contributed by atoms with Gasteiger partial charge >= 0.3 is 6.09 Å². The van der Waals surface area contributed by atoms with Crippen molar-refractivity contribution in [2.45, 2.75) is 25.8 Å². The number of alkyl carbamates (subject to hydrolysis) is 1. The first-order valence-electron chi connectivity index (χ1n) is 8.02. The minimum atomic E-state index is -0.846. The molecule has 2 atom stereocenters. The molecule has 0 saturated carbocycles. The Hall–Kier alpha value is -2.37. The molecular weight excluding hydrogens is 304 g/mol. The fraction of sp³-hybridized carbons (Fsp3) is 0.316. The molecule has 0 heterocycles. The number of aliphatic hydroxyl groups excluding tert-OH is 1. The number of carbonyl (C=O) groups excluding carboxylic acids is 1. The van der Waals surface area contributed by atoms with Crippen molar-refractivity contribution in [2.24, 2.45) is 0 Å². The lowest BCUT2D eigenvalue weighted by molar-refractivity contribution is -0.00676.